The topological polar surface area (TPSA) is 35.9 Å². The van der Waals surface area contributed by atoms with Gasteiger partial charge in [0, 0.05) is 24.2 Å². The van der Waals surface area contributed by atoms with E-state index in [1.807, 2.05) is 18.2 Å². The molecule has 0 bridgehead atoms. The molecule has 7 heteroatoms. The number of hydrogen-bond donors (Lipinski definition) is 0. The average molecular weight is 460 g/mol. The van der Waals surface area contributed by atoms with Crippen LogP contribution in [0.15, 0.2) is 53.5 Å². The van der Waals surface area contributed by atoms with Crippen molar-refractivity contribution in [2.24, 2.45) is 4.99 Å². The molecule has 4 rings (SSSR count). The molecule has 4 nitrogen and oxygen atoms in total. The second-order valence-electron chi connectivity index (χ2n) is 8.09. The van der Waals surface area contributed by atoms with Crippen LogP contribution >= 0.6 is 23.4 Å². The van der Waals surface area contributed by atoms with E-state index in [1.165, 1.54) is 49.3 Å². The quantitative estimate of drug-likeness (QED) is 0.542. The summed E-state index contributed by atoms with van der Waals surface area (Å²) in [5.41, 5.74) is 1.34. The molecular formula is C24H27ClFN3OS. The SMILES string of the molecule is CC(=O)N(c1cc(Cl)ccc1F)C1CSC(=NC2CCCCC2)N1Cc1ccccc1. The van der Waals surface area contributed by atoms with Gasteiger partial charge in [0.25, 0.3) is 0 Å². The van der Waals surface area contributed by atoms with Gasteiger partial charge in [-0.25, -0.2) is 4.39 Å². The van der Waals surface area contributed by atoms with E-state index in [-0.39, 0.29) is 17.8 Å². The Kier molecular flexibility index (Phi) is 7.18. The van der Waals surface area contributed by atoms with Gasteiger partial charge in [-0.2, -0.15) is 0 Å². The van der Waals surface area contributed by atoms with Crippen molar-refractivity contribution in [2.45, 2.75) is 57.8 Å². The van der Waals surface area contributed by atoms with Crippen LogP contribution in [0.1, 0.15) is 44.6 Å². The molecule has 1 aliphatic carbocycles. The van der Waals surface area contributed by atoms with E-state index >= 15 is 0 Å². The number of aliphatic imine (C=N–C) groups is 1. The van der Waals surface area contributed by atoms with Crippen molar-refractivity contribution in [3.8, 4) is 0 Å². The number of hydrogen-bond acceptors (Lipinski definition) is 3. The zero-order valence-corrected chi connectivity index (χ0v) is 19.2. The van der Waals surface area contributed by atoms with Gasteiger partial charge in [-0.15, -0.1) is 0 Å². The monoisotopic (exact) mass is 459 g/mol. The van der Waals surface area contributed by atoms with E-state index in [0.29, 0.717) is 23.4 Å². The number of carbonyl (C=O) groups excluding carboxylic acids is 1. The molecular weight excluding hydrogens is 433 g/mol. The van der Waals surface area contributed by atoms with Crippen LogP contribution in [0.25, 0.3) is 0 Å². The van der Waals surface area contributed by atoms with Crippen LogP contribution in [0.4, 0.5) is 10.1 Å². The lowest BCUT2D eigenvalue weighted by Crippen LogP contribution is -2.50. The number of amidine groups is 1. The maximum absolute atomic E-state index is 14.7. The number of carbonyl (C=O) groups is 1. The predicted octanol–water partition coefficient (Wildman–Crippen LogP) is 6.10. The highest BCUT2D eigenvalue weighted by Gasteiger charge is 2.38. The normalized spacial score (nSPS) is 20.9. The molecule has 1 heterocycles. The number of anilines is 1. The van der Waals surface area contributed by atoms with E-state index in [1.54, 1.807) is 11.8 Å². The summed E-state index contributed by atoms with van der Waals surface area (Å²) in [7, 11) is 0. The summed E-state index contributed by atoms with van der Waals surface area (Å²) >= 11 is 7.80. The van der Waals surface area contributed by atoms with E-state index < -0.39 is 5.82 Å². The minimum Gasteiger partial charge on any atom is -0.325 e. The largest absolute Gasteiger partial charge is 0.325 e. The van der Waals surface area contributed by atoms with Gasteiger partial charge >= 0.3 is 0 Å². The molecule has 164 valence electrons. The Morgan fingerprint density at radius 3 is 2.65 bits per heavy atom. The molecule has 0 radical (unpaired) electrons. The maximum atomic E-state index is 14.7. The summed E-state index contributed by atoms with van der Waals surface area (Å²) in [6.07, 6.45) is 5.57. The zero-order chi connectivity index (χ0) is 21.8. The van der Waals surface area contributed by atoms with Gasteiger partial charge in [0.2, 0.25) is 5.91 Å². The van der Waals surface area contributed by atoms with Gasteiger partial charge < -0.3 is 4.90 Å². The summed E-state index contributed by atoms with van der Waals surface area (Å²) in [6.45, 7) is 2.08. The van der Waals surface area contributed by atoms with Crippen molar-refractivity contribution in [1.29, 1.82) is 0 Å². The Morgan fingerprint density at radius 1 is 1.19 bits per heavy atom. The smallest absolute Gasteiger partial charge is 0.225 e. The van der Waals surface area contributed by atoms with Crippen LogP contribution in [0.3, 0.4) is 0 Å². The first-order valence-corrected chi connectivity index (χ1v) is 12.2. The summed E-state index contributed by atoms with van der Waals surface area (Å²) in [4.78, 5) is 21.5. The fraction of sp³-hybridized carbons (Fsp3) is 0.417. The molecule has 31 heavy (non-hydrogen) atoms. The Labute approximate surface area is 192 Å². The Bertz CT molecular complexity index is 949. The van der Waals surface area contributed by atoms with Crippen molar-refractivity contribution in [1.82, 2.24) is 4.90 Å². The molecule has 2 aromatic rings. The Hall–Kier alpha value is -2.05. The number of rotatable bonds is 5. The zero-order valence-electron chi connectivity index (χ0n) is 17.6. The Morgan fingerprint density at radius 2 is 1.94 bits per heavy atom. The average Bonchev–Trinajstić information content (AvgIpc) is 3.14. The lowest BCUT2D eigenvalue weighted by molar-refractivity contribution is -0.117. The van der Waals surface area contributed by atoms with Crippen LogP contribution in [0, 0.1) is 5.82 Å². The van der Waals surface area contributed by atoms with Crippen molar-refractivity contribution in [3.05, 3.63) is 64.9 Å². The molecule has 2 aliphatic rings. The highest BCUT2D eigenvalue weighted by atomic mass is 35.5. The Balaban J connectivity index is 1.70. The van der Waals surface area contributed by atoms with E-state index in [0.717, 1.165) is 23.6 Å². The van der Waals surface area contributed by atoms with Gasteiger partial charge in [0.05, 0.1) is 11.7 Å². The van der Waals surface area contributed by atoms with Crippen LogP contribution < -0.4 is 4.90 Å². The lowest BCUT2D eigenvalue weighted by Gasteiger charge is -2.35. The second-order valence-corrected chi connectivity index (χ2v) is 9.52. The fourth-order valence-electron chi connectivity index (χ4n) is 4.30. The third-order valence-electron chi connectivity index (χ3n) is 5.84. The minimum absolute atomic E-state index is 0.211. The highest BCUT2D eigenvalue weighted by molar-refractivity contribution is 8.14. The third kappa shape index (κ3) is 5.24. The number of benzene rings is 2. The second kappa shape index (κ2) is 10.0. The van der Waals surface area contributed by atoms with E-state index in [9.17, 15) is 9.18 Å². The van der Waals surface area contributed by atoms with E-state index in [4.69, 9.17) is 16.6 Å². The summed E-state index contributed by atoms with van der Waals surface area (Å²) in [5, 5.41) is 1.34. The van der Waals surface area contributed by atoms with Crippen LogP contribution in [0.5, 0.6) is 0 Å². The third-order valence-corrected chi connectivity index (χ3v) is 7.13. The van der Waals surface area contributed by atoms with Crippen LogP contribution in [-0.4, -0.2) is 33.9 Å². The minimum atomic E-state index is -0.457. The van der Waals surface area contributed by atoms with Gasteiger partial charge in [-0.3, -0.25) is 14.7 Å². The molecule has 0 aromatic heterocycles. The van der Waals surface area contributed by atoms with Crippen molar-refractivity contribution in [3.63, 3.8) is 0 Å². The lowest BCUT2D eigenvalue weighted by atomic mass is 9.96. The highest BCUT2D eigenvalue weighted by Crippen LogP contribution is 2.35. The molecule has 2 aromatic carbocycles. The van der Waals surface area contributed by atoms with E-state index in [2.05, 4.69) is 17.0 Å². The van der Waals surface area contributed by atoms with Gasteiger partial charge in [-0.1, -0.05) is 73.0 Å². The van der Waals surface area contributed by atoms with Gasteiger partial charge in [0.1, 0.15) is 12.0 Å². The molecule has 1 unspecified atom stereocenters. The molecule has 1 saturated carbocycles. The van der Waals surface area contributed by atoms with Crippen LogP contribution in [-0.2, 0) is 11.3 Å². The number of amides is 1. The van der Waals surface area contributed by atoms with Gasteiger partial charge in [-0.05, 0) is 36.6 Å². The number of thioether (sulfide) groups is 1. The number of halogens is 2. The molecule has 2 fully saturated rings. The first-order chi connectivity index (χ1) is 15.0. The van der Waals surface area contributed by atoms with Gasteiger partial charge in [0.15, 0.2) is 5.17 Å². The molecule has 1 aliphatic heterocycles. The fourth-order valence-corrected chi connectivity index (χ4v) is 5.67. The number of nitrogens with zero attached hydrogens (tertiary/aromatic N) is 3. The van der Waals surface area contributed by atoms with Crippen molar-refractivity contribution in [2.75, 3.05) is 10.7 Å². The molecule has 0 spiro atoms. The van der Waals surface area contributed by atoms with Crippen LogP contribution in [0.2, 0.25) is 5.02 Å². The molecule has 1 atom stereocenters. The summed E-state index contributed by atoms with van der Waals surface area (Å²) < 4.78 is 14.7. The predicted molar refractivity (Wildman–Crippen MR) is 127 cm³/mol. The van der Waals surface area contributed by atoms with Crippen molar-refractivity contribution >= 4 is 40.1 Å². The summed E-state index contributed by atoms with van der Waals surface area (Å²) in [6, 6.07) is 14.8. The standard InChI is InChI=1S/C24H27ClFN3OS/c1-17(30)29(22-14-19(25)12-13-21(22)26)23-16-31-24(27-20-10-6-3-7-11-20)28(23)15-18-8-4-2-5-9-18/h2,4-5,8-9,12-14,20,23H,3,6-7,10-11,15-16H2,1H3. The maximum Gasteiger partial charge on any atom is 0.225 e. The molecule has 1 amide bonds. The van der Waals surface area contributed by atoms with Crippen molar-refractivity contribution < 1.29 is 9.18 Å². The summed E-state index contributed by atoms with van der Waals surface area (Å²) in [5.74, 6) is -0.0464. The first kappa shape index (κ1) is 22.2. The molecule has 0 N–H and O–H groups in total. The molecule has 1 saturated heterocycles. The first-order valence-electron chi connectivity index (χ1n) is 10.8.